The predicted molar refractivity (Wildman–Crippen MR) is 74.8 cm³/mol. The molecule has 0 aromatic rings. The van der Waals surface area contributed by atoms with Crippen molar-refractivity contribution >= 4 is 5.91 Å². The molecule has 19 heavy (non-hydrogen) atoms. The summed E-state index contributed by atoms with van der Waals surface area (Å²) < 4.78 is 5.37. The molecule has 2 unspecified atom stereocenters. The molecule has 2 fully saturated rings. The lowest BCUT2D eigenvalue weighted by Crippen LogP contribution is -2.50. The average molecular weight is 269 g/mol. The fraction of sp³-hybridized carbons (Fsp3) is 0.929. The summed E-state index contributed by atoms with van der Waals surface area (Å²) in [6, 6.07) is 0.237. The molecule has 1 heterocycles. The highest BCUT2D eigenvalue weighted by molar-refractivity contribution is 5.79. The average Bonchev–Trinajstić information content (AvgIpc) is 2.86. The van der Waals surface area contributed by atoms with Crippen molar-refractivity contribution < 1.29 is 9.53 Å². The second-order valence-corrected chi connectivity index (χ2v) is 5.63. The van der Waals surface area contributed by atoms with Gasteiger partial charge >= 0.3 is 0 Å². The maximum Gasteiger partial charge on any atom is 0.225 e. The first-order chi connectivity index (χ1) is 9.20. The van der Waals surface area contributed by atoms with Gasteiger partial charge in [-0.15, -0.1) is 0 Å². The maximum absolute atomic E-state index is 12.3. The van der Waals surface area contributed by atoms with Crippen LogP contribution < -0.4 is 5.73 Å². The number of nitrogens with two attached hydrogens (primary N) is 1. The van der Waals surface area contributed by atoms with Gasteiger partial charge < -0.3 is 15.4 Å². The number of nitrogens with zero attached hydrogens (tertiary/aromatic N) is 2. The molecule has 0 aromatic carbocycles. The van der Waals surface area contributed by atoms with Gasteiger partial charge in [0.25, 0.3) is 0 Å². The van der Waals surface area contributed by atoms with Gasteiger partial charge in [-0.05, 0) is 26.2 Å². The molecule has 0 bridgehead atoms. The Morgan fingerprint density at radius 3 is 2.58 bits per heavy atom. The molecule has 2 aliphatic rings. The molecule has 0 spiro atoms. The molecule has 1 amide bonds. The van der Waals surface area contributed by atoms with E-state index in [1.54, 1.807) is 0 Å². The maximum atomic E-state index is 12.3. The zero-order valence-corrected chi connectivity index (χ0v) is 12.0. The van der Waals surface area contributed by atoms with Crippen LogP contribution in [0.2, 0.25) is 0 Å². The summed E-state index contributed by atoms with van der Waals surface area (Å²) >= 11 is 0. The lowest BCUT2D eigenvalue weighted by molar-refractivity contribution is -0.137. The molecule has 5 nitrogen and oxygen atoms in total. The molecule has 2 rings (SSSR count). The third-order valence-electron chi connectivity index (χ3n) is 4.26. The summed E-state index contributed by atoms with van der Waals surface area (Å²) in [5, 5.41) is 0. The van der Waals surface area contributed by atoms with Crippen molar-refractivity contribution in [1.29, 1.82) is 0 Å². The largest absolute Gasteiger partial charge is 0.380 e. The van der Waals surface area contributed by atoms with Crippen LogP contribution >= 0.6 is 0 Å². The Morgan fingerprint density at radius 1 is 1.26 bits per heavy atom. The number of hydrogen-bond donors (Lipinski definition) is 1. The van der Waals surface area contributed by atoms with E-state index < -0.39 is 0 Å². The molecule has 2 N–H and O–H groups in total. The number of carbonyl (C=O) groups is 1. The van der Waals surface area contributed by atoms with Crippen LogP contribution in [0.15, 0.2) is 0 Å². The Balaban J connectivity index is 1.69. The Kier molecular flexibility index (Phi) is 5.60. The lowest BCUT2D eigenvalue weighted by atomic mass is 10.1. The van der Waals surface area contributed by atoms with Crippen molar-refractivity contribution in [2.75, 3.05) is 45.9 Å². The van der Waals surface area contributed by atoms with Crippen LogP contribution in [0.5, 0.6) is 0 Å². The summed E-state index contributed by atoms with van der Waals surface area (Å²) in [6.07, 6.45) is 2.86. The number of hydrogen-bond acceptors (Lipinski definition) is 4. The van der Waals surface area contributed by atoms with Gasteiger partial charge in [0.15, 0.2) is 0 Å². The van der Waals surface area contributed by atoms with Gasteiger partial charge in [-0.25, -0.2) is 0 Å². The van der Waals surface area contributed by atoms with Gasteiger partial charge in [-0.1, -0.05) is 0 Å². The molecule has 1 saturated heterocycles. The van der Waals surface area contributed by atoms with E-state index in [9.17, 15) is 4.79 Å². The van der Waals surface area contributed by atoms with Crippen molar-refractivity contribution in [2.24, 2.45) is 11.7 Å². The third kappa shape index (κ3) is 4.16. The predicted octanol–water partition coefficient (Wildman–Crippen LogP) is 0.295. The molecule has 2 atom stereocenters. The van der Waals surface area contributed by atoms with Gasteiger partial charge in [-0.3, -0.25) is 9.69 Å². The topological polar surface area (TPSA) is 58.8 Å². The van der Waals surface area contributed by atoms with Crippen LogP contribution in [0.1, 0.15) is 26.2 Å². The van der Waals surface area contributed by atoms with E-state index in [0.717, 1.165) is 65.2 Å². The Bertz CT molecular complexity index is 290. The van der Waals surface area contributed by atoms with Gasteiger partial charge in [0.2, 0.25) is 5.91 Å². The third-order valence-corrected chi connectivity index (χ3v) is 4.26. The van der Waals surface area contributed by atoms with Crippen molar-refractivity contribution in [3.8, 4) is 0 Å². The number of carbonyl (C=O) groups excluding carboxylic acids is 1. The molecule has 1 saturated carbocycles. The molecule has 0 aromatic heterocycles. The minimum absolute atomic E-state index is 0.185. The van der Waals surface area contributed by atoms with Crippen LogP contribution in [-0.4, -0.2) is 67.7 Å². The van der Waals surface area contributed by atoms with Gasteiger partial charge in [0, 0.05) is 51.3 Å². The first-order valence-electron chi connectivity index (χ1n) is 7.55. The fourth-order valence-electron chi connectivity index (χ4n) is 3.03. The van der Waals surface area contributed by atoms with E-state index in [4.69, 9.17) is 10.5 Å². The summed E-state index contributed by atoms with van der Waals surface area (Å²) in [4.78, 5) is 16.7. The van der Waals surface area contributed by atoms with Gasteiger partial charge in [-0.2, -0.15) is 0 Å². The molecule has 5 heteroatoms. The summed E-state index contributed by atoms with van der Waals surface area (Å²) in [6.45, 7) is 8.22. The van der Waals surface area contributed by atoms with Crippen LogP contribution in [0, 0.1) is 5.92 Å². The quantitative estimate of drug-likeness (QED) is 0.729. The number of ether oxygens (including phenoxy) is 1. The molecule has 1 aliphatic heterocycles. The van der Waals surface area contributed by atoms with E-state index in [2.05, 4.69) is 4.90 Å². The van der Waals surface area contributed by atoms with Gasteiger partial charge in [0.1, 0.15) is 0 Å². The molecule has 110 valence electrons. The lowest BCUT2D eigenvalue weighted by Gasteiger charge is -2.35. The molecular weight excluding hydrogens is 242 g/mol. The van der Waals surface area contributed by atoms with Gasteiger partial charge in [0.05, 0.1) is 6.61 Å². The molecular formula is C14H27N3O2. The highest BCUT2D eigenvalue weighted by Crippen LogP contribution is 2.26. The van der Waals surface area contributed by atoms with E-state index >= 15 is 0 Å². The van der Waals surface area contributed by atoms with E-state index in [0.29, 0.717) is 5.91 Å². The number of rotatable bonds is 5. The summed E-state index contributed by atoms with van der Waals surface area (Å²) in [5.74, 6) is 0.516. The number of piperazine rings is 1. The van der Waals surface area contributed by atoms with Crippen molar-refractivity contribution in [1.82, 2.24) is 9.80 Å². The standard InChI is InChI=1S/C14H27N3O2/c1-2-19-10-9-16-5-7-17(8-6-16)14(18)12-3-4-13(15)11-12/h12-13H,2-11,15H2,1H3. The Morgan fingerprint density at radius 2 is 2.00 bits per heavy atom. The Hall–Kier alpha value is -0.650. The zero-order valence-electron chi connectivity index (χ0n) is 12.0. The molecule has 1 aliphatic carbocycles. The normalized spacial score (nSPS) is 28.8. The highest BCUT2D eigenvalue weighted by atomic mass is 16.5. The van der Waals surface area contributed by atoms with Crippen LogP contribution in [0.25, 0.3) is 0 Å². The fourth-order valence-corrected chi connectivity index (χ4v) is 3.03. The van der Waals surface area contributed by atoms with Crippen LogP contribution in [-0.2, 0) is 9.53 Å². The highest BCUT2D eigenvalue weighted by Gasteiger charge is 2.32. The van der Waals surface area contributed by atoms with Crippen molar-refractivity contribution in [2.45, 2.75) is 32.2 Å². The van der Waals surface area contributed by atoms with E-state index in [-0.39, 0.29) is 12.0 Å². The first-order valence-corrected chi connectivity index (χ1v) is 7.55. The zero-order chi connectivity index (χ0) is 13.7. The summed E-state index contributed by atoms with van der Waals surface area (Å²) in [5.41, 5.74) is 5.89. The minimum Gasteiger partial charge on any atom is -0.380 e. The van der Waals surface area contributed by atoms with Crippen LogP contribution in [0.3, 0.4) is 0 Å². The second kappa shape index (κ2) is 7.22. The monoisotopic (exact) mass is 269 g/mol. The smallest absolute Gasteiger partial charge is 0.225 e. The summed E-state index contributed by atoms with van der Waals surface area (Å²) in [7, 11) is 0. The second-order valence-electron chi connectivity index (χ2n) is 5.63. The SMILES string of the molecule is CCOCCN1CCN(C(=O)C2CCC(N)C2)CC1. The minimum atomic E-state index is 0.185. The number of amides is 1. The van der Waals surface area contributed by atoms with E-state index in [1.807, 2.05) is 11.8 Å². The Labute approximate surface area is 116 Å². The first kappa shape index (κ1) is 14.8. The molecule has 0 radical (unpaired) electrons. The van der Waals surface area contributed by atoms with Crippen molar-refractivity contribution in [3.05, 3.63) is 0 Å². The van der Waals surface area contributed by atoms with Crippen molar-refractivity contribution in [3.63, 3.8) is 0 Å². The van der Waals surface area contributed by atoms with Crippen LogP contribution in [0.4, 0.5) is 0 Å². The van der Waals surface area contributed by atoms with E-state index in [1.165, 1.54) is 0 Å².